The number of hydrogen-bond acceptors (Lipinski definition) is 7. The summed E-state index contributed by atoms with van der Waals surface area (Å²) < 4.78 is 31.8. The van der Waals surface area contributed by atoms with Crippen LogP contribution >= 0.6 is 11.6 Å². The van der Waals surface area contributed by atoms with Crippen LogP contribution in [0.25, 0.3) is 10.9 Å². The van der Waals surface area contributed by atoms with Crippen molar-refractivity contribution >= 4 is 38.5 Å². The zero-order valence-electron chi connectivity index (χ0n) is 13.9. The van der Waals surface area contributed by atoms with Gasteiger partial charge in [0.2, 0.25) is 10.0 Å². The van der Waals surface area contributed by atoms with Gasteiger partial charge < -0.3 is 4.74 Å². The van der Waals surface area contributed by atoms with Gasteiger partial charge in [-0.2, -0.15) is 4.68 Å². The molecule has 0 atom stereocenters. The number of aromatic nitrogens is 3. The molecule has 9 nitrogen and oxygen atoms in total. The lowest BCUT2D eigenvalue weighted by atomic mass is 10.2. The Morgan fingerprint density at radius 2 is 2.00 bits per heavy atom. The largest absolute Gasteiger partial charge is 0.438 e. The Kier molecular flexibility index (Phi) is 5.22. The first-order chi connectivity index (χ1) is 12.8. The molecular formula is C16H13ClN4O5S. The molecule has 0 saturated carbocycles. The van der Waals surface area contributed by atoms with Gasteiger partial charge in [0, 0.05) is 0 Å². The number of nitrogens with one attached hydrogen (secondary N) is 1. The summed E-state index contributed by atoms with van der Waals surface area (Å²) in [7, 11) is -2.52. The minimum Gasteiger partial charge on any atom is -0.438 e. The SMILES string of the molecule is CNS(=O)(=O)c1ccc(Cl)c(C(=O)OCn2nnc3ccccc3c2=O)c1. The zero-order valence-corrected chi connectivity index (χ0v) is 15.5. The van der Waals surface area contributed by atoms with Gasteiger partial charge in [-0.1, -0.05) is 28.9 Å². The summed E-state index contributed by atoms with van der Waals surface area (Å²) in [5.74, 6) is -0.907. The molecule has 0 unspecified atom stereocenters. The van der Waals surface area contributed by atoms with Crippen molar-refractivity contribution in [3.8, 4) is 0 Å². The Morgan fingerprint density at radius 1 is 1.26 bits per heavy atom. The van der Waals surface area contributed by atoms with Crippen molar-refractivity contribution in [2.75, 3.05) is 7.05 Å². The number of carbonyl (C=O) groups is 1. The summed E-state index contributed by atoms with van der Waals surface area (Å²) in [6.45, 7) is -0.505. The van der Waals surface area contributed by atoms with Crippen molar-refractivity contribution in [1.82, 2.24) is 19.7 Å². The summed E-state index contributed by atoms with van der Waals surface area (Å²) >= 11 is 5.96. The third-order valence-electron chi connectivity index (χ3n) is 3.68. The van der Waals surface area contributed by atoms with E-state index >= 15 is 0 Å². The molecule has 0 aliphatic rings. The van der Waals surface area contributed by atoms with Gasteiger partial charge >= 0.3 is 5.97 Å². The highest BCUT2D eigenvalue weighted by Crippen LogP contribution is 2.21. The fourth-order valence-electron chi connectivity index (χ4n) is 2.25. The third kappa shape index (κ3) is 3.82. The molecule has 1 heterocycles. The standard InChI is InChI=1S/C16H13ClN4O5S/c1-18-27(24,25)10-6-7-13(17)12(8-10)16(23)26-9-21-15(22)11-4-2-3-5-14(11)19-20-21/h2-8,18H,9H2,1H3. The van der Waals surface area contributed by atoms with E-state index in [2.05, 4.69) is 15.0 Å². The Hall–Kier alpha value is -2.82. The van der Waals surface area contributed by atoms with E-state index in [1.54, 1.807) is 24.3 Å². The van der Waals surface area contributed by atoms with Gasteiger partial charge in [0.15, 0.2) is 6.73 Å². The third-order valence-corrected chi connectivity index (χ3v) is 5.43. The molecule has 0 spiro atoms. The van der Waals surface area contributed by atoms with Crippen LogP contribution in [0.15, 0.2) is 52.2 Å². The highest BCUT2D eigenvalue weighted by molar-refractivity contribution is 7.89. The number of fused-ring (bicyclic) bond motifs is 1. The van der Waals surface area contributed by atoms with Gasteiger partial charge in [0.1, 0.15) is 5.52 Å². The molecule has 0 radical (unpaired) electrons. The Balaban J connectivity index is 1.86. The summed E-state index contributed by atoms with van der Waals surface area (Å²) in [5.41, 5.74) is -0.223. The molecule has 0 bridgehead atoms. The lowest BCUT2D eigenvalue weighted by molar-refractivity contribution is 0.0336. The predicted molar refractivity (Wildman–Crippen MR) is 96.9 cm³/mol. The van der Waals surface area contributed by atoms with Crippen molar-refractivity contribution in [2.45, 2.75) is 11.6 Å². The monoisotopic (exact) mass is 408 g/mol. The first-order valence-corrected chi connectivity index (χ1v) is 9.42. The first kappa shape index (κ1) is 19.0. The van der Waals surface area contributed by atoms with E-state index in [9.17, 15) is 18.0 Å². The lowest BCUT2D eigenvalue weighted by Gasteiger charge is -2.09. The second-order valence-electron chi connectivity index (χ2n) is 5.32. The average Bonchev–Trinajstić information content (AvgIpc) is 2.67. The van der Waals surface area contributed by atoms with Crippen LogP contribution in [-0.2, 0) is 21.5 Å². The van der Waals surface area contributed by atoms with E-state index in [4.69, 9.17) is 16.3 Å². The number of sulfonamides is 1. The van der Waals surface area contributed by atoms with Gasteiger partial charge in [-0.05, 0) is 37.4 Å². The van der Waals surface area contributed by atoms with Crippen molar-refractivity contribution in [3.63, 3.8) is 0 Å². The molecule has 1 N–H and O–H groups in total. The smallest absolute Gasteiger partial charge is 0.341 e. The highest BCUT2D eigenvalue weighted by Gasteiger charge is 2.19. The quantitative estimate of drug-likeness (QED) is 0.629. The molecule has 3 aromatic rings. The van der Waals surface area contributed by atoms with Crippen molar-refractivity contribution in [1.29, 1.82) is 0 Å². The molecule has 27 heavy (non-hydrogen) atoms. The molecule has 0 aliphatic heterocycles. The van der Waals surface area contributed by atoms with E-state index in [-0.39, 0.29) is 15.5 Å². The number of esters is 1. The Morgan fingerprint density at radius 3 is 2.74 bits per heavy atom. The fraction of sp³-hybridized carbons (Fsp3) is 0.125. The van der Waals surface area contributed by atoms with Gasteiger partial charge in [-0.25, -0.2) is 17.9 Å². The van der Waals surface area contributed by atoms with Gasteiger partial charge in [-0.15, -0.1) is 5.10 Å². The molecular weight excluding hydrogens is 396 g/mol. The Labute approximate surface area is 158 Å². The van der Waals surface area contributed by atoms with Crippen molar-refractivity contribution in [2.24, 2.45) is 0 Å². The maximum absolute atomic E-state index is 12.3. The molecule has 0 saturated heterocycles. The topological polar surface area (TPSA) is 120 Å². The first-order valence-electron chi connectivity index (χ1n) is 7.56. The normalized spacial score (nSPS) is 11.5. The Bertz CT molecular complexity index is 1190. The number of benzene rings is 2. The van der Waals surface area contributed by atoms with E-state index in [1.165, 1.54) is 19.2 Å². The second-order valence-corrected chi connectivity index (χ2v) is 7.62. The van der Waals surface area contributed by atoms with Crippen LogP contribution in [0.3, 0.4) is 0 Å². The maximum atomic E-state index is 12.3. The predicted octanol–water partition coefficient (Wildman–Crippen LogP) is 1.17. The van der Waals surface area contributed by atoms with E-state index < -0.39 is 28.3 Å². The van der Waals surface area contributed by atoms with Crippen LogP contribution in [0.5, 0.6) is 0 Å². The maximum Gasteiger partial charge on any atom is 0.341 e. The van der Waals surface area contributed by atoms with E-state index in [0.29, 0.717) is 10.9 Å². The van der Waals surface area contributed by atoms with Gasteiger partial charge in [0.05, 0.1) is 20.9 Å². The zero-order chi connectivity index (χ0) is 19.6. The highest BCUT2D eigenvalue weighted by atomic mass is 35.5. The average molecular weight is 409 g/mol. The molecule has 0 aliphatic carbocycles. The summed E-state index contributed by atoms with van der Waals surface area (Å²) in [4.78, 5) is 24.5. The summed E-state index contributed by atoms with van der Waals surface area (Å²) in [6.07, 6.45) is 0. The summed E-state index contributed by atoms with van der Waals surface area (Å²) in [5, 5.41) is 7.91. The number of ether oxygens (including phenoxy) is 1. The molecule has 2 aromatic carbocycles. The molecule has 1 aromatic heterocycles. The van der Waals surface area contributed by atoms with E-state index in [0.717, 1.165) is 10.7 Å². The second kappa shape index (κ2) is 7.43. The minimum atomic E-state index is -3.76. The number of carbonyl (C=O) groups excluding carboxylic acids is 1. The number of hydrogen-bond donors (Lipinski definition) is 1. The van der Waals surface area contributed by atoms with Gasteiger partial charge in [-0.3, -0.25) is 4.79 Å². The van der Waals surface area contributed by atoms with Crippen LogP contribution in [0.2, 0.25) is 5.02 Å². The molecule has 0 amide bonds. The number of rotatable bonds is 5. The van der Waals surface area contributed by atoms with Crippen molar-refractivity contribution < 1.29 is 17.9 Å². The van der Waals surface area contributed by atoms with Crippen LogP contribution in [-0.4, -0.2) is 36.4 Å². The van der Waals surface area contributed by atoms with Crippen LogP contribution in [0.4, 0.5) is 0 Å². The fourth-order valence-corrected chi connectivity index (χ4v) is 3.20. The van der Waals surface area contributed by atoms with Crippen LogP contribution in [0.1, 0.15) is 10.4 Å². The summed E-state index contributed by atoms with van der Waals surface area (Å²) in [6, 6.07) is 10.2. The van der Waals surface area contributed by atoms with Crippen LogP contribution in [0, 0.1) is 0 Å². The van der Waals surface area contributed by atoms with Gasteiger partial charge in [0.25, 0.3) is 5.56 Å². The molecule has 0 fully saturated rings. The lowest BCUT2D eigenvalue weighted by Crippen LogP contribution is -2.26. The van der Waals surface area contributed by atoms with E-state index in [1.807, 2.05) is 0 Å². The molecule has 11 heteroatoms. The number of nitrogens with zero attached hydrogens (tertiary/aromatic N) is 3. The van der Waals surface area contributed by atoms with Crippen molar-refractivity contribution in [3.05, 3.63) is 63.4 Å². The number of halogens is 1. The molecule has 140 valence electrons. The molecule has 3 rings (SSSR count). The minimum absolute atomic E-state index is 0.00648. The van der Waals surface area contributed by atoms with Crippen LogP contribution < -0.4 is 10.3 Å².